The van der Waals surface area contributed by atoms with Crippen molar-refractivity contribution in [3.8, 4) is 17.6 Å². The van der Waals surface area contributed by atoms with Crippen molar-refractivity contribution in [2.75, 3.05) is 6.61 Å². The average Bonchev–Trinajstić information content (AvgIpc) is 2.89. The second-order valence-electron chi connectivity index (χ2n) is 5.35. The van der Waals surface area contributed by atoms with E-state index in [-0.39, 0.29) is 6.10 Å². The molecule has 0 fully saturated rings. The maximum absolute atomic E-state index is 8.64. The zero-order valence-electron chi connectivity index (χ0n) is 12.0. The lowest BCUT2D eigenvalue weighted by molar-refractivity contribution is 0.148. The number of rotatable bonds is 4. The van der Waals surface area contributed by atoms with Crippen LogP contribution >= 0.6 is 0 Å². The van der Waals surface area contributed by atoms with Crippen molar-refractivity contribution in [3.63, 3.8) is 0 Å². The van der Waals surface area contributed by atoms with Crippen LogP contribution < -0.4 is 9.47 Å². The van der Waals surface area contributed by atoms with Crippen molar-refractivity contribution in [1.82, 2.24) is 0 Å². The fourth-order valence-corrected chi connectivity index (χ4v) is 2.53. The minimum absolute atomic E-state index is 0.0700. The third-order valence-corrected chi connectivity index (χ3v) is 3.60. The number of ether oxygens (including phenoxy) is 2. The van der Waals surface area contributed by atoms with Gasteiger partial charge < -0.3 is 9.47 Å². The number of benzene rings is 2. The van der Waals surface area contributed by atoms with Crippen molar-refractivity contribution >= 4 is 0 Å². The van der Waals surface area contributed by atoms with E-state index in [2.05, 4.69) is 25.1 Å². The molecule has 1 aliphatic heterocycles. The molecule has 3 rings (SSSR count). The number of hydrogen-bond donors (Lipinski definition) is 0. The lowest BCUT2D eigenvalue weighted by atomic mass is 10.1. The van der Waals surface area contributed by atoms with Gasteiger partial charge in [-0.1, -0.05) is 29.8 Å². The van der Waals surface area contributed by atoms with Gasteiger partial charge in [-0.2, -0.15) is 5.26 Å². The van der Waals surface area contributed by atoms with Crippen molar-refractivity contribution in [1.29, 1.82) is 5.26 Å². The Morgan fingerprint density at radius 3 is 2.81 bits per heavy atom. The Bertz CT molecular complexity index is 671. The summed E-state index contributed by atoms with van der Waals surface area (Å²) in [7, 11) is 0. The van der Waals surface area contributed by atoms with Gasteiger partial charge in [-0.05, 0) is 36.2 Å². The molecule has 0 saturated carbocycles. The number of nitrogens with zero attached hydrogens (tertiary/aromatic N) is 1. The number of fused-ring (bicyclic) bond motifs is 1. The summed E-state index contributed by atoms with van der Waals surface area (Å²) in [6, 6.07) is 16.1. The molecule has 106 valence electrons. The van der Waals surface area contributed by atoms with Crippen LogP contribution in [0.3, 0.4) is 0 Å². The van der Waals surface area contributed by atoms with E-state index >= 15 is 0 Å². The van der Waals surface area contributed by atoms with Crippen LogP contribution in [-0.4, -0.2) is 12.7 Å². The molecular formula is C18H17NO2. The van der Waals surface area contributed by atoms with Crippen LogP contribution in [0.25, 0.3) is 0 Å². The number of nitriles is 1. The third-order valence-electron chi connectivity index (χ3n) is 3.60. The maximum atomic E-state index is 8.64. The molecule has 1 heterocycles. The molecule has 3 nitrogen and oxygen atoms in total. The molecule has 0 N–H and O–H groups in total. The summed E-state index contributed by atoms with van der Waals surface area (Å²) < 4.78 is 11.7. The van der Waals surface area contributed by atoms with Gasteiger partial charge in [-0.25, -0.2) is 0 Å². The molecule has 1 atom stereocenters. The molecule has 1 unspecified atom stereocenters. The smallest absolute Gasteiger partial charge is 0.137 e. The summed E-state index contributed by atoms with van der Waals surface area (Å²) in [6.45, 7) is 2.62. The maximum Gasteiger partial charge on any atom is 0.137 e. The Hall–Kier alpha value is -2.47. The van der Waals surface area contributed by atoms with Crippen LogP contribution in [0.1, 0.15) is 16.7 Å². The van der Waals surface area contributed by atoms with Crippen molar-refractivity contribution in [3.05, 3.63) is 59.2 Å². The van der Waals surface area contributed by atoms with E-state index in [4.69, 9.17) is 14.7 Å². The van der Waals surface area contributed by atoms with Gasteiger partial charge in [0.2, 0.25) is 0 Å². The van der Waals surface area contributed by atoms with Crippen LogP contribution in [0.4, 0.5) is 0 Å². The standard InChI is InChI=1S/C18H17NO2/c1-13-2-7-18-15(10-13)11-17(21-18)12-20-16-5-3-14(4-6-16)8-9-19/h2-7,10,17H,8,11-12H2,1H3. The Kier molecular flexibility index (Phi) is 3.79. The fraction of sp³-hybridized carbons (Fsp3) is 0.278. The van der Waals surface area contributed by atoms with E-state index in [1.54, 1.807) is 0 Å². The van der Waals surface area contributed by atoms with E-state index in [1.807, 2.05) is 30.3 Å². The van der Waals surface area contributed by atoms with Crippen LogP contribution in [0.2, 0.25) is 0 Å². The summed E-state index contributed by atoms with van der Waals surface area (Å²) in [5.41, 5.74) is 3.52. The lowest BCUT2D eigenvalue weighted by Crippen LogP contribution is -2.22. The predicted octanol–water partition coefficient (Wildman–Crippen LogP) is 3.44. The monoisotopic (exact) mass is 279 g/mol. The average molecular weight is 279 g/mol. The van der Waals surface area contributed by atoms with E-state index in [0.29, 0.717) is 13.0 Å². The molecule has 3 heteroatoms. The minimum Gasteiger partial charge on any atom is -0.490 e. The quantitative estimate of drug-likeness (QED) is 0.861. The highest BCUT2D eigenvalue weighted by atomic mass is 16.5. The van der Waals surface area contributed by atoms with Crippen LogP contribution in [0.5, 0.6) is 11.5 Å². The van der Waals surface area contributed by atoms with Gasteiger partial charge in [-0.15, -0.1) is 0 Å². The molecule has 0 radical (unpaired) electrons. The molecule has 2 aromatic carbocycles. The zero-order valence-corrected chi connectivity index (χ0v) is 12.0. The van der Waals surface area contributed by atoms with Gasteiger partial charge in [-0.3, -0.25) is 0 Å². The zero-order chi connectivity index (χ0) is 14.7. The first-order valence-corrected chi connectivity index (χ1v) is 7.09. The molecule has 0 aliphatic carbocycles. The largest absolute Gasteiger partial charge is 0.490 e. The highest BCUT2D eigenvalue weighted by Gasteiger charge is 2.23. The SMILES string of the molecule is Cc1ccc2c(c1)CC(COc1ccc(CC#N)cc1)O2. The predicted molar refractivity (Wildman–Crippen MR) is 80.6 cm³/mol. The van der Waals surface area contributed by atoms with Gasteiger partial charge in [0.25, 0.3) is 0 Å². The second-order valence-corrected chi connectivity index (χ2v) is 5.35. The molecule has 0 aromatic heterocycles. The highest BCUT2D eigenvalue weighted by Crippen LogP contribution is 2.29. The first-order valence-electron chi connectivity index (χ1n) is 7.09. The number of hydrogen-bond acceptors (Lipinski definition) is 3. The van der Waals surface area contributed by atoms with E-state index < -0.39 is 0 Å². The summed E-state index contributed by atoms with van der Waals surface area (Å²) in [6.07, 6.45) is 1.39. The van der Waals surface area contributed by atoms with Crippen molar-refractivity contribution in [2.45, 2.75) is 25.9 Å². The topological polar surface area (TPSA) is 42.2 Å². The molecular weight excluding hydrogens is 262 g/mol. The van der Waals surface area contributed by atoms with E-state index in [9.17, 15) is 0 Å². The molecule has 0 amide bonds. The molecule has 0 spiro atoms. The Balaban J connectivity index is 1.56. The molecule has 2 aromatic rings. The van der Waals surface area contributed by atoms with E-state index in [0.717, 1.165) is 23.5 Å². The summed E-state index contributed by atoms with van der Waals surface area (Å²) in [4.78, 5) is 0. The molecule has 0 saturated heterocycles. The van der Waals surface area contributed by atoms with Gasteiger partial charge in [0.15, 0.2) is 0 Å². The Morgan fingerprint density at radius 2 is 2.05 bits per heavy atom. The van der Waals surface area contributed by atoms with Crippen LogP contribution in [0, 0.1) is 18.3 Å². The Labute approximate surface area is 124 Å². The lowest BCUT2D eigenvalue weighted by Gasteiger charge is -2.12. The van der Waals surface area contributed by atoms with Gasteiger partial charge in [0, 0.05) is 6.42 Å². The van der Waals surface area contributed by atoms with Crippen LogP contribution in [-0.2, 0) is 12.8 Å². The first kappa shape index (κ1) is 13.5. The fourth-order valence-electron chi connectivity index (χ4n) is 2.53. The highest BCUT2D eigenvalue weighted by molar-refractivity contribution is 5.40. The summed E-state index contributed by atoms with van der Waals surface area (Å²) in [5, 5.41) is 8.64. The second kappa shape index (κ2) is 5.88. The summed E-state index contributed by atoms with van der Waals surface area (Å²) >= 11 is 0. The summed E-state index contributed by atoms with van der Waals surface area (Å²) in [5.74, 6) is 1.78. The van der Waals surface area contributed by atoms with Gasteiger partial charge in [0.05, 0.1) is 12.5 Å². The Morgan fingerprint density at radius 1 is 1.24 bits per heavy atom. The minimum atomic E-state index is 0.0700. The van der Waals surface area contributed by atoms with Crippen molar-refractivity contribution < 1.29 is 9.47 Å². The van der Waals surface area contributed by atoms with Gasteiger partial charge in [0.1, 0.15) is 24.2 Å². The molecule has 21 heavy (non-hydrogen) atoms. The van der Waals surface area contributed by atoms with E-state index in [1.165, 1.54) is 11.1 Å². The van der Waals surface area contributed by atoms with Gasteiger partial charge >= 0.3 is 0 Å². The van der Waals surface area contributed by atoms with Crippen LogP contribution in [0.15, 0.2) is 42.5 Å². The third kappa shape index (κ3) is 3.17. The molecule has 1 aliphatic rings. The molecule has 0 bridgehead atoms. The number of aryl methyl sites for hydroxylation is 1. The van der Waals surface area contributed by atoms with Crippen molar-refractivity contribution in [2.24, 2.45) is 0 Å². The first-order chi connectivity index (χ1) is 10.2. The normalized spacial score (nSPS) is 15.9.